The van der Waals surface area contributed by atoms with Crippen molar-refractivity contribution in [3.05, 3.63) is 81.8 Å². The Hall–Kier alpha value is -3.97. The summed E-state index contributed by atoms with van der Waals surface area (Å²) in [6.07, 6.45) is -1.16. The largest absolute Gasteiger partial charge is 0.416 e. The van der Waals surface area contributed by atoms with E-state index in [0.717, 1.165) is 41.4 Å². The van der Waals surface area contributed by atoms with Crippen LogP contribution in [-0.2, 0) is 13.1 Å². The molecule has 1 saturated carbocycles. The minimum Gasteiger partial charge on any atom is -0.382 e. The monoisotopic (exact) mass is 589 g/mol. The van der Waals surface area contributed by atoms with Gasteiger partial charge in [-0.25, -0.2) is 19.1 Å². The van der Waals surface area contributed by atoms with E-state index in [1.54, 1.807) is 24.3 Å². The first kappa shape index (κ1) is 28.6. The second kappa shape index (κ2) is 11.9. The third-order valence-corrected chi connectivity index (χ3v) is 7.18. The number of hydrogen-bond donors (Lipinski definition) is 2. The van der Waals surface area contributed by atoms with E-state index in [0.29, 0.717) is 21.8 Å². The number of nitrogens with one attached hydrogen (secondary N) is 1. The number of hydrogen-bond acceptors (Lipinski definition) is 6. The molecule has 2 N–H and O–H groups in total. The zero-order chi connectivity index (χ0) is 29.1. The summed E-state index contributed by atoms with van der Waals surface area (Å²) in [5.41, 5.74) is 0.326. The first-order valence-corrected chi connectivity index (χ1v) is 13.5. The summed E-state index contributed by atoms with van der Waals surface area (Å²) in [6.45, 7) is -1.32. The molecular weight excluding hydrogens is 563 g/mol. The van der Waals surface area contributed by atoms with Gasteiger partial charge in [0.15, 0.2) is 17.8 Å². The molecule has 0 bridgehead atoms. The number of alkyl halides is 3. The van der Waals surface area contributed by atoms with Crippen LogP contribution in [0.3, 0.4) is 0 Å². The normalized spacial score (nSPS) is 15.1. The highest BCUT2D eigenvalue weighted by Gasteiger charge is 2.39. The number of aromatic nitrogens is 6. The van der Waals surface area contributed by atoms with Crippen molar-refractivity contribution >= 4 is 17.5 Å². The van der Waals surface area contributed by atoms with Crippen molar-refractivity contribution in [2.75, 3.05) is 0 Å². The lowest BCUT2D eigenvalue weighted by Crippen LogP contribution is -2.37. The predicted molar refractivity (Wildman–Crippen MR) is 144 cm³/mol. The van der Waals surface area contributed by atoms with Gasteiger partial charge in [-0.15, -0.1) is 10.2 Å². The molecule has 14 heteroatoms. The van der Waals surface area contributed by atoms with Crippen LogP contribution in [0.4, 0.5) is 13.2 Å². The molecule has 41 heavy (non-hydrogen) atoms. The van der Waals surface area contributed by atoms with Crippen LogP contribution < -0.4 is 11.0 Å². The molecule has 1 unspecified atom stereocenters. The maximum absolute atomic E-state index is 13.1. The van der Waals surface area contributed by atoms with Crippen molar-refractivity contribution in [3.63, 3.8) is 0 Å². The van der Waals surface area contributed by atoms with Crippen molar-refractivity contribution in [1.82, 2.24) is 34.4 Å². The van der Waals surface area contributed by atoms with Crippen LogP contribution in [-0.4, -0.2) is 58.4 Å². The molecule has 2 heterocycles. The number of benzene rings is 2. The molecule has 0 saturated heterocycles. The number of para-hydroxylation sites is 1. The number of nitrogens with zero attached hydrogens (tertiary/aromatic N) is 6. The SMILES string of the molecule is O=C(NC1CCCCC1)c1ccccc1-n1cnc(Cn2nc(-c3ccc(Cl)cc3)n(CC(O)C(F)(F)F)c2=O)n1. The predicted octanol–water partition coefficient (Wildman–Crippen LogP) is 3.98. The molecule has 10 nitrogen and oxygen atoms in total. The van der Waals surface area contributed by atoms with Crippen LogP contribution in [0.1, 0.15) is 48.3 Å². The highest BCUT2D eigenvalue weighted by molar-refractivity contribution is 6.30. The molecule has 1 atom stereocenters. The Morgan fingerprint density at radius 2 is 1.78 bits per heavy atom. The van der Waals surface area contributed by atoms with Gasteiger partial charge in [-0.1, -0.05) is 43.0 Å². The van der Waals surface area contributed by atoms with Gasteiger partial charge in [-0.3, -0.25) is 9.36 Å². The van der Waals surface area contributed by atoms with Crippen molar-refractivity contribution in [1.29, 1.82) is 0 Å². The van der Waals surface area contributed by atoms with Crippen LogP contribution >= 0.6 is 11.6 Å². The van der Waals surface area contributed by atoms with Gasteiger partial charge >= 0.3 is 11.9 Å². The van der Waals surface area contributed by atoms with Crippen LogP contribution in [0.15, 0.2) is 59.7 Å². The molecule has 2 aromatic heterocycles. The number of aliphatic hydroxyl groups excluding tert-OH is 1. The number of rotatable bonds is 8. The quantitative estimate of drug-likeness (QED) is 0.321. The Morgan fingerprint density at radius 3 is 2.49 bits per heavy atom. The van der Waals surface area contributed by atoms with Crippen LogP contribution in [0, 0.1) is 0 Å². The highest BCUT2D eigenvalue weighted by Crippen LogP contribution is 2.24. The van der Waals surface area contributed by atoms with Gasteiger partial charge in [0.2, 0.25) is 0 Å². The van der Waals surface area contributed by atoms with Crippen LogP contribution in [0.5, 0.6) is 0 Å². The van der Waals surface area contributed by atoms with E-state index < -0.39 is 24.5 Å². The molecule has 1 aliphatic rings. The molecule has 4 aromatic rings. The van der Waals surface area contributed by atoms with E-state index >= 15 is 0 Å². The minimum absolute atomic E-state index is 0.0841. The van der Waals surface area contributed by atoms with Gasteiger partial charge < -0.3 is 10.4 Å². The second-order valence-electron chi connectivity index (χ2n) is 9.87. The Balaban J connectivity index is 1.42. The molecule has 0 radical (unpaired) electrons. The molecule has 0 aliphatic heterocycles. The lowest BCUT2D eigenvalue weighted by Gasteiger charge is -2.23. The smallest absolute Gasteiger partial charge is 0.382 e. The highest BCUT2D eigenvalue weighted by atomic mass is 35.5. The third-order valence-electron chi connectivity index (χ3n) is 6.92. The molecular formula is C27H27ClF3N7O3. The van der Waals surface area contributed by atoms with Crippen molar-refractivity contribution in [2.45, 2.75) is 63.5 Å². The first-order chi connectivity index (χ1) is 19.6. The summed E-state index contributed by atoms with van der Waals surface area (Å²) < 4.78 is 42.5. The molecule has 1 amide bonds. The Morgan fingerprint density at radius 1 is 1.07 bits per heavy atom. The fraction of sp³-hybridized carbons (Fsp3) is 0.370. The molecule has 2 aromatic carbocycles. The molecule has 5 rings (SSSR count). The van der Waals surface area contributed by atoms with Gasteiger partial charge in [0.1, 0.15) is 12.9 Å². The van der Waals surface area contributed by atoms with Gasteiger partial charge in [0.05, 0.1) is 17.8 Å². The average molecular weight is 590 g/mol. The standard InChI is InChI=1S/C27H27ClF3N7O3/c28-18-12-10-17(11-13-18)24-35-37(26(41)36(24)14-22(39)27(29,30)31)15-23-32-16-38(34-23)21-9-5-4-8-20(21)25(40)33-19-6-2-1-3-7-19/h4-5,8-13,16,19,22,39H,1-3,6-7,14-15H2,(H,33,40). The average Bonchev–Trinajstić information content (AvgIpc) is 3.54. The van der Waals surface area contributed by atoms with Crippen LogP contribution in [0.25, 0.3) is 17.1 Å². The Labute approximate surface area is 237 Å². The van der Waals surface area contributed by atoms with Crippen molar-refractivity contribution < 1.29 is 23.1 Å². The molecule has 216 valence electrons. The lowest BCUT2D eigenvalue weighted by atomic mass is 9.95. The summed E-state index contributed by atoms with van der Waals surface area (Å²) >= 11 is 5.93. The fourth-order valence-corrected chi connectivity index (χ4v) is 4.92. The number of carbonyl (C=O) groups is 1. The van der Waals surface area contributed by atoms with E-state index in [1.807, 2.05) is 0 Å². The zero-order valence-electron chi connectivity index (χ0n) is 21.8. The van der Waals surface area contributed by atoms with Crippen molar-refractivity contribution in [2.24, 2.45) is 0 Å². The second-order valence-corrected chi connectivity index (χ2v) is 10.3. The van der Waals surface area contributed by atoms with E-state index in [9.17, 15) is 27.9 Å². The molecule has 1 fully saturated rings. The zero-order valence-corrected chi connectivity index (χ0v) is 22.5. The maximum Gasteiger partial charge on any atom is 0.416 e. The number of carbonyl (C=O) groups excluding carboxylic acids is 1. The van der Waals surface area contributed by atoms with Crippen molar-refractivity contribution in [3.8, 4) is 17.1 Å². The summed E-state index contributed by atoms with van der Waals surface area (Å²) in [4.78, 5) is 30.4. The fourth-order valence-electron chi connectivity index (χ4n) is 4.79. The van der Waals surface area contributed by atoms with E-state index in [1.165, 1.54) is 35.3 Å². The van der Waals surface area contributed by atoms with Gasteiger partial charge in [-0.2, -0.15) is 13.2 Å². The van der Waals surface area contributed by atoms with E-state index in [4.69, 9.17) is 11.6 Å². The van der Waals surface area contributed by atoms with Gasteiger partial charge in [0.25, 0.3) is 5.91 Å². The van der Waals surface area contributed by atoms with E-state index in [-0.39, 0.29) is 30.1 Å². The number of aliphatic hydroxyl groups is 1. The summed E-state index contributed by atoms with van der Waals surface area (Å²) in [5, 5.41) is 21.8. The summed E-state index contributed by atoms with van der Waals surface area (Å²) in [5.74, 6) is -0.173. The Bertz CT molecular complexity index is 1570. The minimum atomic E-state index is -4.93. The summed E-state index contributed by atoms with van der Waals surface area (Å²) in [6, 6.07) is 13.1. The van der Waals surface area contributed by atoms with E-state index in [2.05, 4.69) is 20.5 Å². The number of halogens is 4. The Kier molecular flexibility index (Phi) is 8.27. The van der Waals surface area contributed by atoms with Crippen LogP contribution in [0.2, 0.25) is 5.02 Å². The summed E-state index contributed by atoms with van der Waals surface area (Å²) in [7, 11) is 0. The topological polar surface area (TPSA) is 120 Å². The lowest BCUT2D eigenvalue weighted by molar-refractivity contribution is -0.207. The molecule has 0 spiro atoms. The molecule has 1 aliphatic carbocycles. The number of amides is 1. The first-order valence-electron chi connectivity index (χ1n) is 13.1. The maximum atomic E-state index is 13.1. The van der Waals surface area contributed by atoms with Gasteiger partial charge in [-0.05, 0) is 49.2 Å². The van der Waals surface area contributed by atoms with Gasteiger partial charge in [0, 0.05) is 16.6 Å². The third kappa shape index (κ3) is 6.51.